The summed E-state index contributed by atoms with van der Waals surface area (Å²) in [6.07, 6.45) is 0.589. The number of nitrogen functional groups attached to an aromatic ring is 1. The number of anilines is 2. The zero-order valence-electron chi connectivity index (χ0n) is 16.9. The molecule has 2 aromatic heterocycles. The number of hydrogen-bond donors (Lipinski definition) is 2. The molecule has 0 spiro atoms. The molecule has 1 aliphatic rings. The first-order chi connectivity index (χ1) is 15.3. The van der Waals surface area contributed by atoms with Gasteiger partial charge in [0, 0.05) is 31.2 Å². The summed E-state index contributed by atoms with van der Waals surface area (Å²) >= 11 is 0. The van der Waals surface area contributed by atoms with Crippen molar-refractivity contribution in [3.63, 3.8) is 0 Å². The van der Waals surface area contributed by atoms with Crippen molar-refractivity contribution in [3.05, 3.63) is 66.2 Å². The summed E-state index contributed by atoms with van der Waals surface area (Å²) in [5.74, 6) is -0.133. The van der Waals surface area contributed by atoms with E-state index in [1.54, 1.807) is 12.4 Å². The van der Waals surface area contributed by atoms with Crippen LogP contribution in [-0.4, -0.2) is 34.1 Å². The lowest BCUT2D eigenvalue weighted by atomic mass is 9.73. The van der Waals surface area contributed by atoms with E-state index in [1.165, 1.54) is 6.07 Å². The third kappa shape index (κ3) is 4.40. The van der Waals surface area contributed by atoms with Crippen molar-refractivity contribution in [2.75, 3.05) is 24.3 Å². The number of aromatic nitrogens is 3. The summed E-state index contributed by atoms with van der Waals surface area (Å²) in [5, 5.41) is 2.72. The van der Waals surface area contributed by atoms with E-state index in [9.17, 15) is 18.0 Å². The highest BCUT2D eigenvalue weighted by molar-refractivity contribution is 5.99. The van der Waals surface area contributed by atoms with Crippen molar-refractivity contribution in [1.29, 1.82) is 0 Å². The van der Waals surface area contributed by atoms with Gasteiger partial charge in [0.15, 0.2) is 0 Å². The topological polar surface area (TPSA) is 103 Å². The number of halogens is 3. The highest BCUT2D eigenvalue weighted by Gasteiger charge is 2.42. The van der Waals surface area contributed by atoms with Gasteiger partial charge in [-0.1, -0.05) is 24.3 Å². The number of carbonyl (C=O) groups is 1. The molecule has 3 N–H and O–H groups in total. The molecule has 166 valence electrons. The van der Waals surface area contributed by atoms with Gasteiger partial charge < -0.3 is 15.8 Å². The molecule has 1 saturated heterocycles. The van der Waals surface area contributed by atoms with Gasteiger partial charge in [-0.25, -0.2) is 15.0 Å². The molecule has 3 heterocycles. The zero-order valence-corrected chi connectivity index (χ0v) is 16.9. The maximum atomic E-state index is 13.3. The number of hydrogen-bond acceptors (Lipinski definition) is 6. The lowest BCUT2D eigenvalue weighted by Crippen LogP contribution is -2.44. The van der Waals surface area contributed by atoms with Crippen LogP contribution in [0.3, 0.4) is 0 Å². The van der Waals surface area contributed by atoms with Crippen LogP contribution >= 0.6 is 0 Å². The minimum absolute atomic E-state index is 0.181. The molecule has 32 heavy (non-hydrogen) atoms. The van der Waals surface area contributed by atoms with E-state index in [-0.39, 0.29) is 17.5 Å². The van der Waals surface area contributed by atoms with Crippen LogP contribution in [0.2, 0.25) is 0 Å². The van der Waals surface area contributed by atoms with Crippen LogP contribution in [0.15, 0.2) is 55.0 Å². The van der Waals surface area contributed by atoms with E-state index in [4.69, 9.17) is 10.5 Å². The minimum Gasteiger partial charge on any atom is -0.381 e. The van der Waals surface area contributed by atoms with Crippen molar-refractivity contribution in [2.24, 2.45) is 0 Å². The van der Waals surface area contributed by atoms with E-state index >= 15 is 0 Å². The third-order valence-corrected chi connectivity index (χ3v) is 5.54. The van der Waals surface area contributed by atoms with Crippen LogP contribution in [-0.2, 0) is 21.1 Å². The summed E-state index contributed by atoms with van der Waals surface area (Å²) < 4.78 is 43.7. The molecule has 3 aromatic rings. The molecule has 0 saturated carbocycles. The molecule has 0 unspecified atom stereocenters. The van der Waals surface area contributed by atoms with E-state index in [0.717, 1.165) is 29.0 Å². The van der Waals surface area contributed by atoms with Gasteiger partial charge in [-0.3, -0.25) is 4.79 Å². The molecule has 0 radical (unpaired) electrons. The predicted octanol–water partition coefficient (Wildman–Crippen LogP) is 3.83. The molecule has 4 rings (SSSR count). The van der Waals surface area contributed by atoms with E-state index in [0.29, 0.717) is 26.1 Å². The van der Waals surface area contributed by atoms with Crippen molar-refractivity contribution in [1.82, 2.24) is 15.0 Å². The Morgan fingerprint density at radius 1 is 0.938 bits per heavy atom. The van der Waals surface area contributed by atoms with Crippen molar-refractivity contribution in [2.45, 2.75) is 24.4 Å². The van der Waals surface area contributed by atoms with E-state index in [1.807, 2.05) is 24.3 Å². The third-order valence-electron chi connectivity index (χ3n) is 5.54. The number of alkyl halides is 3. The second kappa shape index (κ2) is 8.54. The van der Waals surface area contributed by atoms with Crippen molar-refractivity contribution in [3.8, 4) is 11.1 Å². The SMILES string of the molecule is Nc1ncc(-c2ccc(C3(C(=O)Nc4ccc(C(F)(F)F)nc4)CCOCC3)cc2)cn1. The van der Waals surface area contributed by atoms with Gasteiger partial charge in [-0.15, -0.1) is 0 Å². The van der Waals surface area contributed by atoms with Crippen LogP contribution < -0.4 is 11.1 Å². The first kappa shape index (κ1) is 21.7. The van der Waals surface area contributed by atoms with Gasteiger partial charge in [0.1, 0.15) is 5.69 Å². The van der Waals surface area contributed by atoms with Crippen LogP contribution in [0.25, 0.3) is 11.1 Å². The Morgan fingerprint density at radius 3 is 2.16 bits per heavy atom. The molecule has 0 bridgehead atoms. The van der Waals surface area contributed by atoms with Crippen LogP contribution in [0.4, 0.5) is 24.8 Å². The van der Waals surface area contributed by atoms with Gasteiger partial charge in [-0.2, -0.15) is 13.2 Å². The second-order valence-corrected chi connectivity index (χ2v) is 7.49. The van der Waals surface area contributed by atoms with Gasteiger partial charge in [0.05, 0.1) is 17.3 Å². The van der Waals surface area contributed by atoms with Crippen LogP contribution in [0.5, 0.6) is 0 Å². The lowest BCUT2D eigenvalue weighted by Gasteiger charge is -2.36. The number of nitrogens with zero attached hydrogens (tertiary/aromatic N) is 3. The smallest absolute Gasteiger partial charge is 0.381 e. The monoisotopic (exact) mass is 443 g/mol. The fourth-order valence-corrected chi connectivity index (χ4v) is 3.72. The van der Waals surface area contributed by atoms with E-state index in [2.05, 4.69) is 20.3 Å². The standard InChI is InChI=1S/C22H20F3N5O2/c23-22(24,25)18-6-5-17(13-27-18)30-19(31)21(7-9-32-10-8-21)16-3-1-14(2-4-16)15-11-28-20(26)29-12-15/h1-6,11-13H,7-10H2,(H,30,31)(H2,26,28,29). The van der Waals surface area contributed by atoms with Gasteiger partial charge in [0.25, 0.3) is 0 Å². The number of ether oxygens (including phenoxy) is 1. The number of nitrogens with one attached hydrogen (secondary N) is 1. The normalized spacial score (nSPS) is 15.8. The Bertz CT molecular complexity index is 1080. The second-order valence-electron chi connectivity index (χ2n) is 7.49. The molecule has 0 atom stereocenters. The average Bonchev–Trinajstić information content (AvgIpc) is 2.80. The molecule has 1 fully saturated rings. The Labute approximate surface area is 181 Å². The van der Waals surface area contributed by atoms with Gasteiger partial charge in [-0.05, 0) is 36.1 Å². The Balaban J connectivity index is 1.59. The number of carbonyl (C=O) groups excluding carboxylic acids is 1. The largest absolute Gasteiger partial charge is 0.433 e. The Kier molecular flexibility index (Phi) is 5.79. The molecule has 0 aliphatic carbocycles. The molecule has 7 nitrogen and oxygen atoms in total. The number of amides is 1. The first-order valence-electron chi connectivity index (χ1n) is 9.89. The molecular formula is C22H20F3N5O2. The lowest BCUT2D eigenvalue weighted by molar-refractivity contribution is -0.141. The fourth-order valence-electron chi connectivity index (χ4n) is 3.72. The average molecular weight is 443 g/mol. The number of rotatable bonds is 4. The fraction of sp³-hybridized carbons (Fsp3) is 0.273. The van der Waals surface area contributed by atoms with Crippen molar-refractivity contribution >= 4 is 17.5 Å². The maximum Gasteiger partial charge on any atom is 0.433 e. The van der Waals surface area contributed by atoms with Crippen molar-refractivity contribution < 1.29 is 22.7 Å². The summed E-state index contributed by atoms with van der Waals surface area (Å²) in [5.41, 5.74) is 6.28. The van der Waals surface area contributed by atoms with Crippen LogP contribution in [0.1, 0.15) is 24.1 Å². The number of nitrogens with two attached hydrogens (primary N) is 1. The minimum atomic E-state index is -4.54. The number of benzene rings is 1. The Morgan fingerprint density at radius 2 is 1.59 bits per heavy atom. The highest BCUT2D eigenvalue weighted by Crippen LogP contribution is 2.37. The molecule has 10 heteroatoms. The Hall–Kier alpha value is -3.53. The predicted molar refractivity (Wildman–Crippen MR) is 111 cm³/mol. The van der Waals surface area contributed by atoms with Gasteiger partial charge >= 0.3 is 6.18 Å². The molecule has 1 aliphatic heterocycles. The van der Waals surface area contributed by atoms with Gasteiger partial charge in [0.2, 0.25) is 11.9 Å². The quantitative estimate of drug-likeness (QED) is 0.635. The zero-order chi connectivity index (χ0) is 22.8. The summed E-state index contributed by atoms with van der Waals surface area (Å²) in [4.78, 5) is 24.7. The molecular weight excluding hydrogens is 423 g/mol. The summed E-state index contributed by atoms with van der Waals surface area (Å²) in [6, 6.07) is 9.51. The summed E-state index contributed by atoms with van der Waals surface area (Å²) in [6.45, 7) is 0.790. The number of pyridine rings is 1. The molecule has 1 aromatic carbocycles. The van der Waals surface area contributed by atoms with Crippen LogP contribution in [0, 0.1) is 0 Å². The maximum absolute atomic E-state index is 13.3. The molecule has 1 amide bonds. The highest BCUT2D eigenvalue weighted by atomic mass is 19.4. The van der Waals surface area contributed by atoms with E-state index < -0.39 is 17.3 Å². The first-order valence-corrected chi connectivity index (χ1v) is 9.89. The summed E-state index contributed by atoms with van der Waals surface area (Å²) in [7, 11) is 0.